The van der Waals surface area contributed by atoms with Gasteiger partial charge in [-0.3, -0.25) is 0 Å². The van der Waals surface area contributed by atoms with Crippen molar-refractivity contribution in [3.8, 4) is 0 Å². The van der Waals surface area contributed by atoms with Crippen LogP contribution in [0.2, 0.25) is 0 Å². The molecule has 0 spiro atoms. The van der Waals surface area contributed by atoms with Crippen molar-refractivity contribution in [1.82, 2.24) is 0 Å². The first-order valence-electron chi connectivity index (χ1n) is 4.21. The molecule has 4 heteroatoms. The van der Waals surface area contributed by atoms with Gasteiger partial charge >= 0.3 is 0 Å². The maximum atomic E-state index is 8.83. The lowest BCUT2D eigenvalue weighted by Gasteiger charge is -2.04. The minimum atomic E-state index is -0.427. The van der Waals surface area contributed by atoms with Gasteiger partial charge in [-0.25, -0.2) is 0 Å². The van der Waals surface area contributed by atoms with Crippen LogP contribution in [0, 0.1) is 0 Å². The fourth-order valence-corrected chi connectivity index (χ4v) is 1.83. The smallest absolute Gasteiger partial charge is 0.124 e. The van der Waals surface area contributed by atoms with E-state index in [4.69, 9.17) is 15.3 Å². The van der Waals surface area contributed by atoms with Gasteiger partial charge in [-0.1, -0.05) is 13.8 Å². The van der Waals surface area contributed by atoms with E-state index in [1.54, 1.807) is 0 Å². The van der Waals surface area contributed by atoms with Crippen LogP contribution in [0.1, 0.15) is 37.3 Å². The molecular formula is C9H14BrNO2. The topological polar surface area (TPSA) is 59.4 Å². The number of aliphatic hydroxyl groups is 1. The molecule has 0 aromatic carbocycles. The molecule has 1 atom stereocenters. The van der Waals surface area contributed by atoms with E-state index in [-0.39, 0.29) is 6.61 Å². The number of nitrogens with two attached hydrogens (primary N) is 1. The van der Waals surface area contributed by atoms with Gasteiger partial charge in [0.2, 0.25) is 0 Å². The van der Waals surface area contributed by atoms with Crippen LogP contribution in [-0.4, -0.2) is 11.7 Å². The van der Waals surface area contributed by atoms with Gasteiger partial charge < -0.3 is 15.3 Å². The second kappa shape index (κ2) is 4.26. The van der Waals surface area contributed by atoms with Crippen LogP contribution in [0.4, 0.5) is 0 Å². The summed E-state index contributed by atoms with van der Waals surface area (Å²) in [4.78, 5) is 0. The summed E-state index contributed by atoms with van der Waals surface area (Å²) in [6.45, 7) is 3.98. The monoisotopic (exact) mass is 247 g/mol. The fourth-order valence-electron chi connectivity index (χ4n) is 1.07. The van der Waals surface area contributed by atoms with E-state index in [0.717, 1.165) is 10.2 Å². The number of halogens is 1. The van der Waals surface area contributed by atoms with Crippen molar-refractivity contribution in [3.63, 3.8) is 0 Å². The van der Waals surface area contributed by atoms with Gasteiger partial charge in [-0.15, -0.1) is 0 Å². The lowest BCUT2D eigenvalue weighted by molar-refractivity contribution is 0.249. The molecule has 1 rings (SSSR count). The molecule has 0 aliphatic carbocycles. The van der Waals surface area contributed by atoms with Crippen molar-refractivity contribution in [3.05, 3.63) is 22.1 Å². The molecule has 74 valence electrons. The number of rotatable bonds is 3. The summed E-state index contributed by atoms with van der Waals surface area (Å²) in [5.41, 5.74) is 5.61. The van der Waals surface area contributed by atoms with Gasteiger partial charge in [0.1, 0.15) is 11.5 Å². The molecule has 0 radical (unpaired) electrons. The lowest BCUT2D eigenvalue weighted by Crippen LogP contribution is -2.13. The first kappa shape index (κ1) is 10.8. The Bertz CT molecular complexity index is 283. The lowest BCUT2D eigenvalue weighted by atomic mass is 10.2. The number of aliphatic hydroxyl groups excluding tert-OH is 1. The molecule has 0 bridgehead atoms. The van der Waals surface area contributed by atoms with Gasteiger partial charge in [0.05, 0.1) is 17.1 Å². The summed E-state index contributed by atoms with van der Waals surface area (Å²) in [5, 5.41) is 8.83. The first-order chi connectivity index (χ1) is 6.06. The zero-order valence-electron chi connectivity index (χ0n) is 7.75. The summed E-state index contributed by atoms with van der Waals surface area (Å²) in [6, 6.07) is 1.39. The van der Waals surface area contributed by atoms with Crippen molar-refractivity contribution >= 4 is 15.9 Å². The van der Waals surface area contributed by atoms with E-state index < -0.39 is 6.04 Å². The molecule has 1 unspecified atom stereocenters. The van der Waals surface area contributed by atoms with Crippen LogP contribution in [0.5, 0.6) is 0 Å². The van der Waals surface area contributed by atoms with Crippen molar-refractivity contribution < 1.29 is 9.52 Å². The Morgan fingerprint density at radius 2 is 2.23 bits per heavy atom. The molecule has 3 nitrogen and oxygen atoms in total. The highest BCUT2D eigenvalue weighted by atomic mass is 79.9. The number of furan rings is 1. The second-order valence-electron chi connectivity index (χ2n) is 3.30. The van der Waals surface area contributed by atoms with Crippen LogP contribution in [0.25, 0.3) is 0 Å². The van der Waals surface area contributed by atoms with E-state index in [1.165, 1.54) is 0 Å². The minimum Gasteiger partial charge on any atom is -0.463 e. The average molecular weight is 248 g/mol. The summed E-state index contributed by atoms with van der Waals surface area (Å²) < 4.78 is 6.41. The Hall–Kier alpha value is -0.320. The molecule has 0 saturated heterocycles. The van der Waals surface area contributed by atoms with Gasteiger partial charge in [-0.05, 0) is 22.0 Å². The van der Waals surface area contributed by atoms with Crippen molar-refractivity contribution in [1.29, 1.82) is 0 Å². The summed E-state index contributed by atoms with van der Waals surface area (Å²) in [7, 11) is 0. The first-order valence-corrected chi connectivity index (χ1v) is 5.01. The molecule has 0 fully saturated rings. The zero-order valence-corrected chi connectivity index (χ0v) is 9.34. The highest BCUT2D eigenvalue weighted by Crippen LogP contribution is 2.30. The normalized spacial score (nSPS) is 13.7. The van der Waals surface area contributed by atoms with Gasteiger partial charge in [0, 0.05) is 5.92 Å². The van der Waals surface area contributed by atoms with Crippen LogP contribution < -0.4 is 5.73 Å². The Labute approximate surface area is 86.1 Å². The standard InChI is InChI=1S/C9H14BrNO2/c1-5(2)9-6(10)3-8(13-9)7(11)4-12/h3,5,7,12H,4,11H2,1-2H3. The van der Waals surface area contributed by atoms with Crippen molar-refractivity contribution in [2.24, 2.45) is 5.73 Å². The van der Waals surface area contributed by atoms with Crippen molar-refractivity contribution in [2.75, 3.05) is 6.61 Å². The Morgan fingerprint density at radius 1 is 1.62 bits per heavy atom. The summed E-state index contributed by atoms with van der Waals surface area (Å²) in [6.07, 6.45) is 0. The largest absolute Gasteiger partial charge is 0.463 e. The second-order valence-corrected chi connectivity index (χ2v) is 4.16. The maximum Gasteiger partial charge on any atom is 0.124 e. The van der Waals surface area contributed by atoms with Gasteiger partial charge in [0.15, 0.2) is 0 Å². The SMILES string of the molecule is CC(C)c1oc(C(N)CO)cc1Br. The average Bonchev–Trinajstić information content (AvgIpc) is 2.46. The van der Waals surface area contributed by atoms with Gasteiger partial charge in [-0.2, -0.15) is 0 Å². The molecule has 3 N–H and O–H groups in total. The predicted octanol–water partition coefficient (Wildman–Crippen LogP) is 2.16. The summed E-state index contributed by atoms with van der Waals surface area (Å²) in [5.74, 6) is 1.81. The van der Waals surface area contributed by atoms with E-state index in [9.17, 15) is 0 Å². The highest BCUT2D eigenvalue weighted by Gasteiger charge is 2.15. The van der Waals surface area contributed by atoms with Crippen LogP contribution in [0.15, 0.2) is 15.0 Å². The Balaban J connectivity index is 2.95. The minimum absolute atomic E-state index is 0.0997. The molecule has 1 aromatic rings. The molecule has 0 amide bonds. The van der Waals surface area contributed by atoms with Gasteiger partial charge in [0.25, 0.3) is 0 Å². The van der Waals surface area contributed by atoms with Crippen LogP contribution in [0.3, 0.4) is 0 Å². The molecule has 1 heterocycles. The Morgan fingerprint density at radius 3 is 2.62 bits per heavy atom. The van der Waals surface area contributed by atoms with Crippen molar-refractivity contribution in [2.45, 2.75) is 25.8 Å². The Kier molecular flexibility index (Phi) is 3.53. The third kappa shape index (κ3) is 2.33. The molecule has 0 aliphatic rings. The number of hydrogen-bond acceptors (Lipinski definition) is 3. The summed E-state index contributed by atoms with van der Waals surface area (Å²) >= 11 is 3.38. The van der Waals surface area contributed by atoms with E-state index in [2.05, 4.69) is 15.9 Å². The highest BCUT2D eigenvalue weighted by molar-refractivity contribution is 9.10. The molecule has 13 heavy (non-hydrogen) atoms. The van der Waals surface area contributed by atoms with Crippen LogP contribution in [-0.2, 0) is 0 Å². The maximum absolute atomic E-state index is 8.83. The third-order valence-electron chi connectivity index (χ3n) is 1.82. The molecule has 0 aliphatic heterocycles. The fraction of sp³-hybridized carbons (Fsp3) is 0.556. The van der Waals surface area contributed by atoms with E-state index in [0.29, 0.717) is 11.7 Å². The van der Waals surface area contributed by atoms with E-state index >= 15 is 0 Å². The third-order valence-corrected chi connectivity index (χ3v) is 2.44. The predicted molar refractivity (Wildman–Crippen MR) is 54.5 cm³/mol. The molecule has 1 aromatic heterocycles. The van der Waals surface area contributed by atoms with Crippen LogP contribution >= 0.6 is 15.9 Å². The molecular weight excluding hydrogens is 234 g/mol. The quantitative estimate of drug-likeness (QED) is 0.861. The molecule has 0 saturated carbocycles. The number of hydrogen-bond donors (Lipinski definition) is 2. The van der Waals surface area contributed by atoms with E-state index in [1.807, 2.05) is 19.9 Å². The zero-order chi connectivity index (χ0) is 10.0.